The number of aliphatic imine (C=N–C) groups is 1. The quantitative estimate of drug-likeness (QED) is 0.489. The number of allylic oxidation sites excluding steroid dienone is 1. The zero-order valence-electron chi connectivity index (χ0n) is 21.3. The average molecular weight is 480 g/mol. The molecule has 2 N–H and O–H groups in total. The maximum Gasteiger partial charge on any atom is 0.194 e. The third kappa shape index (κ3) is 3.99. The standard InChI is InChI=1S/C30H33N5O/c1-18(2)34-10-8-20(9-11-34)21-4-5-22-14-25(15-23(22)13-21)29(36)27-17-32-35(30(27)31)26-6-7-28-24(16-26)12-19(3)33-28/h4-7,13,15-18,20H,8-12,14,31H2,1-3H3. The summed E-state index contributed by atoms with van der Waals surface area (Å²) >= 11 is 0. The first-order valence-electron chi connectivity index (χ1n) is 13.0. The molecule has 6 rings (SSSR count). The highest BCUT2D eigenvalue weighted by atomic mass is 16.1. The van der Waals surface area contributed by atoms with Gasteiger partial charge in [0.25, 0.3) is 0 Å². The number of nitrogens with two attached hydrogens (primary N) is 1. The number of aromatic nitrogens is 2. The SMILES string of the molecule is CC1=Nc2ccc(-n3ncc(C(=O)C4=Cc5cc(C6CCN(C(C)C)CC6)ccc5C4)c3N)cc2C1. The van der Waals surface area contributed by atoms with Crippen molar-refractivity contribution in [1.29, 1.82) is 0 Å². The van der Waals surface area contributed by atoms with Crippen molar-refractivity contribution >= 4 is 29.1 Å². The molecule has 1 aromatic heterocycles. The number of hydrogen-bond acceptors (Lipinski definition) is 5. The fraction of sp³-hybridized carbons (Fsp3) is 0.367. The van der Waals surface area contributed by atoms with Gasteiger partial charge in [0.05, 0.1) is 23.1 Å². The fourth-order valence-corrected chi connectivity index (χ4v) is 5.89. The van der Waals surface area contributed by atoms with Gasteiger partial charge in [-0.2, -0.15) is 5.10 Å². The summed E-state index contributed by atoms with van der Waals surface area (Å²) in [6.45, 7) is 8.89. The highest BCUT2D eigenvalue weighted by Gasteiger charge is 2.26. The van der Waals surface area contributed by atoms with E-state index in [9.17, 15) is 4.79 Å². The molecule has 6 heteroatoms. The number of hydrogen-bond donors (Lipinski definition) is 1. The number of rotatable bonds is 5. The molecule has 1 fully saturated rings. The lowest BCUT2D eigenvalue weighted by molar-refractivity contribution is 0.103. The second-order valence-electron chi connectivity index (χ2n) is 10.7. The number of piperidine rings is 1. The second-order valence-corrected chi connectivity index (χ2v) is 10.7. The van der Waals surface area contributed by atoms with Crippen LogP contribution in [0, 0.1) is 0 Å². The Morgan fingerprint density at radius 3 is 2.64 bits per heavy atom. The van der Waals surface area contributed by atoms with E-state index in [-0.39, 0.29) is 5.78 Å². The van der Waals surface area contributed by atoms with E-state index in [0.717, 1.165) is 47.7 Å². The Balaban J connectivity index is 1.21. The molecule has 6 nitrogen and oxygen atoms in total. The van der Waals surface area contributed by atoms with E-state index < -0.39 is 0 Å². The van der Waals surface area contributed by atoms with Gasteiger partial charge in [-0.3, -0.25) is 9.79 Å². The number of ketones is 1. The van der Waals surface area contributed by atoms with Crippen molar-refractivity contribution in [3.63, 3.8) is 0 Å². The Hall–Kier alpha value is -3.51. The van der Waals surface area contributed by atoms with Gasteiger partial charge in [0.2, 0.25) is 0 Å². The van der Waals surface area contributed by atoms with Crippen molar-refractivity contribution in [2.24, 2.45) is 4.99 Å². The lowest BCUT2D eigenvalue weighted by Crippen LogP contribution is -2.37. The number of benzene rings is 2. The summed E-state index contributed by atoms with van der Waals surface area (Å²) in [6, 6.07) is 13.4. The molecule has 0 amide bonds. The first kappa shape index (κ1) is 22.9. The number of Topliss-reactive ketones (excluding diaryl/α,β-unsaturated/α-hetero) is 1. The number of likely N-dealkylation sites (tertiary alicyclic amines) is 1. The van der Waals surface area contributed by atoms with E-state index in [1.165, 1.54) is 29.5 Å². The number of carbonyl (C=O) groups excluding carboxylic acids is 1. The third-order valence-corrected chi connectivity index (χ3v) is 8.02. The first-order valence-corrected chi connectivity index (χ1v) is 13.0. The van der Waals surface area contributed by atoms with E-state index in [1.807, 2.05) is 19.1 Å². The van der Waals surface area contributed by atoms with Crippen LogP contribution in [-0.4, -0.2) is 45.3 Å². The van der Waals surface area contributed by atoms with Crippen molar-refractivity contribution in [2.75, 3.05) is 18.8 Å². The van der Waals surface area contributed by atoms with Crippen LogP contribution in [0.4, 0.5) is 11.5 Å². The highest BCUT2D eigenvalue weighted by Crippen LogP contribution is 2.35. The van der Waals surface area contributed by atoms with Crippen LogP contribution in [0.2, 0.25) is 0 Å². The van der Waals surface area contributed by atoms with Crippen LogP contribution >= 0.6 is 0 Å². The van der Waals surface area contributed by atoms with E-state index in [1.54, 1.807) is 10.9 Å². The number of fused-ring (bicyclic) bond motifs is 2. The number of carbonyl (C=O) groups is 1. The van der Waals surface area contributed by atoms with Gasteiger partial charge >= 0.3 is 0 Å². The Kier molecular flexibility index (Phi) is 5.64. The maximum atomic E-state index is 13.5. The van der Waals surface area contributed by atoms with Crippen molar-refractivity contribution < 1.29 is 4.79 Å². The van der Waals surface area contributed by atoms with E-state index >= 15 is 0 Å². The Morgan fingerprint density at radius 1 is 1.06 bits per heavy atom. The molecule has 0 radical (unpaired) electrons. The predicted molar refractivity (Wildman–Crippen MR) is 146 cm³/mol. The van der Waals surface area contributed by atoms with Crippen LogP contribution in [0.3, 0.4) is 0 Å². The van der Waals surface area contributed by atoms with Crippen LogP contribution in [0.25, 0.3) is 11.8 Å². The van der Waals surface area contributed by atoms with Gasteiger partial charge in [0, 0.05) is 30.2 Å². The van der Waals surface area contributed by atoms with Gasteiger partial charge in [0.15, 0.2) is 5.78 Å². The zero-order chi connectivity index (χ0) is 25.0. The fourth-order valence-electron chi connectivity index (χ4n) is 5.89. The second kappa shape index (κ2) is 8.86. The zero-order valence-corrected chi connectivity index (χ0v) is 21.3. The van der Waals surface area contributed by atoms with E-state index in [0.29, 0.717) is 29.8 Å². The lowest BCUT2D eigenvalue weighted by Gasteiger charge is -2.34. The minimum atomic E-state index is -0.0397. The summed E-state index contributed by atoms with van der Waals surface area (Å²) in [7, 11) is 0. The van der Waals surface area contributed by atoms with Crippen LogP contribution in [0.1, 0.15) is 72.1 Å². The third-order valence-electron chi connectivity index (χ3n) is 8.02. The minimum Gasteiger partial charge on any atom is -0.383 e. The topological polar surface area (TPSA) is 76.5 Å². The van der Waals surface area contributed by atoms with Gasteiger partial charge in [-0.15, -0.1) is 0 Å². The Bertz CT molecular complexity index is 1420. The normalized spacial score (nSPS) is 17.8. The molecule has 1 saturated heterocycles. The molecule has 3 aliphatic rings. The van der Waals surface area contributed by atoms with Gasteiger partial charge < -0.3 is 10.6 Å². The molecule has 2 aromatic carbocycles. The molecule has 0 atom stereocenters. The highest BCUT2D eigenvalue weighted by molar-refractivity contribution is 6.15. The number of anilines is 1. The molecule has 184 valence electrons. The molecule has 0 spiro atoms. The molecule has 36 heavy (non-hydrogen) atoms. The van der Waals surface area contributed by atoms with E-state index in [2.05, 4.69) is 59.2 Å². The predicted octanol–water partition coefficient (Wildman–Crippen LogP) is 5.51. The molecule has 2 aliphatic heterocycles. The van der Waals surface area contributed by atoms with Gasteiger partial charge in [-0.1, -0.05) is 18.2 Å². The van der Waals surface area contributed by atoms with Crippen LogP contribution in [-0.2, 0) is 12.8 Å². The van der Waals surface area contributed by atoms with Crippen LogP contribution < -0.4 is 5.73 Å². The van der Waals surface area contributed by atoms with Crippen LogP contribution in [0.15, 0.2) is 53.2 Å². The Labute approximate surface area is 212 Å². The summed E-state index contributed by atoms with van der Waals surface area (Å²) in [5, 5.41) is 4.47. The smallest absolute Gasteiger partial charge is 0.194 e. The summed E-state index contributed by atoms with van der Waals surface area (Å²) in [6.07, 6.45) is 7.51. The number of nitrogens with zero attached hydrogens (tertiary/aromatic N) is 4. The molecule has 3 aromatic rings. The van der Waals surface area contributed by atoms with Crippen molar-refractivity contribution in [3.05, 3.63) is 76.0 Å². The average Bonchev–Trinajstić information content (AvgIpc) is 3.58. The van der Waals surface area contributed by atoms with Gasteiger partial charge in [-0.05, 0) is 99.1 Å². The summed E-state index contributed by atoms with van der Waals surface area (Å²) < 4.78 is 1.66. The molecule has 0 unspecified atom stereocenters. The summed E-state index contributed by atoms with van der Waals surface area (Å²) in [5.74, 6) is 0.931. The monoisotopic (exact) mass is 479 g/mol. The molecule has 3 heterocycles. The Morgan fingerprint density at radius 2 is 1.86 bits per heavy atom. The van der Waals surface area contributed by atoms with Gasteiger partial charge in [-0.25, -0.2) is 4.68 Å². The number of nitrogen functional groups attached to an aromatic ring is 1. The van der Waals surface area contributed by atoms with E-state index in [4.69, 9.17) is 5.73 Å². The first-order chi connectivity index (χ1) is 17.4. The summed E-state index contributed by atoms with van der Waals surface area (Å²) in [4.78, 5) is 20.6. The molecular weight excluding hydrogens is 446 g/mol. The van der Waals surface area contributed by atoms with Crippen molar-refractivity contribution in [2.45, 2.75) is 58.4 Å². The van der Waals surface area contributed by atoms with Crippen molar-refractivity contribution in [1.82, 2.24) is 14.7 Å². The van der Waals surface area contributed by atoms with Crippen LogP contribution in [0.5, 0.6) is 0 Å². The van der Waals surface area contributed by atoms with Gasteiger partial charge in [0.1, 0.15) is 5.82 Å². The molecule has 0 bridgehead atoms. The molecular formula is C30H33N5O. The largest absolute Gasteiger partial charge is 0.383 e. The van der Waals surface area contributed by atoms with Crippen molar-refractivity contribution in [3.8, 4) is 5.69 Å². The summed E-state index contributed by atoms with van der Waals surface area (Å²) in [5.41, 5.74) is 15.6. The maximum absolute atomic E-state index is 13.5. The minimum absolute atomic E-state index is 0.0397. The molecule has 0 saturated carbocycles. The molecule has 1 aliphatic carbocycles. The lowest BCUT2D eigenvalue weighted by atomic mass is 9.87.